The zero-order valence-corrected chi connectivity index (χ0v) is 32.3. The van der Waals surface area contributed by atoms with Gasteiger partial charge in [-0.25, -0.2) is 0 Å². The fourth-order valence-electron chi connectivity index (χ4n) is 8.38. The predicted octanol–water partition coefficient (Wildman–Crippen LogP) is 13.8. The molecule has 4 aromatic carbocycles. The molecule has 0 spiro atoms. The number of ether oxygens (including phenoxy) is 2. The van der Waals surface area contributed by atoms with Gasteiger partial charge in [0.25, 0.3) is 0 Å². The van der Waals surface area contributed by atoms with Gasteiger partial charge in [0.15, 0.2) is 0 Å². The molecule has 4 nitrogen and oxygen atoms in total. The van der Waals surface area contributed by atoms with Gasteiger partial charge in [0.05, 0.1) is 0 Å². The number of anilines is 2. The zero-order valence-electron chi connectivity index (χ0n) is 32.3. The van der Waals surface area contributed by atoms with E-state index in [9.17, 15) is 0 Å². The van der Waals surface area contributed by atoms with Crippen LogP contribution < -0.4 is 20.9 Å². The van der Waals surface area contributed by atoms with Gasteiger partial charge >= 0.3 is 0 Å². The average molecular weight is 689 g/mol. The van der Waals surface area contributed by atoms with Crippen LogP contribution in [0.5, 0.6) is 23.0 Å². The summed E-state index contributed by atoms with van der Waals surface area (Å²) >= 11 is 0. The van der Waals surface area contributed by atoms with Crippen LogP contribution in [0.25, 0.3) is 0 Å². The van der Waals surface area contributed by atoms with Crippen molar-refractivity contribution in [1.82, 2.24) is 0 Å². The van der Waals surface area contributed by atoms with Crippen molar-refractivity contribution in [2.24, 2.45) is 5.92 Å². The molecule has 1 aliphatic carbocycles. The minimum Gasteiger partial charge on any atom is -0.457 e. The van der Waals surface area contributed by atoms with Crippen molar-refractivity contribution in [2.45, 2.75) is 143 Å². The highest BCUT2D eigenvalue weighted by Crippen LogP contribution is 2.50. The molecule has 0 atom stereocenters. The molecule has 274 valence electrons. The molecule has 4 heteroatoms. The van der Waals surface area contributed by atoms with Gasteiger partial charge in [0, 0.05) is 16.8 Å². The number of benzene rings is 4. The van der Waals surface area contributed by atoms with Crippen molar-refractivity contribution >= 4 is 11.4 Å². The third-order valence-electron chi connectivity index (χ3n) is 11.4. The van der Waals surface area contributed by atoms with Crippen molar-refractivity contribution in [3.63, 3.8) is 0 Å². The standard InChI is InChI=1S/C47H64N2O2/c1-6-7-8-9-10-11-12-13-14-15-16-17-38-26-28-47(29-27-38,39-30-34(2)45(35(3)31-39)50-43-22-18-41(48)19-23-43)40-32-36(4)46(37(5)33-40)51-44-24-20-42(49)21-25-44/h18-25,30-33,38H,6-17,26-29,48-49H2,1-5H3. The molecule has 4 N–H and O–H groups in total. The van der Waals surface area contributed by atoms with Crippen molar-refractivity contribution < 1.29 is 9.47 Å². The minimum absolute atomic E-state index is 0.0574. The molecule has 1 saturated carbocycles. The minimum atomic E-state index is -0.0574. The Labute approximate surface area is 309 Å². The summed E-state index contributed by atoms with van der Waals surface area (Å²) < 4.78 is 12.9. The molecule has 0 amide bonds. The summed E-state index contributed by atoms with van der Waals surface area (Å²) in [6, 6.07) is 24.9. The van der Waals surface area contributed by atoms with E-state index in [2.05, 4.69) is 58.9 Å². The Bertz CT molecular complexity index is 1520. The zero-order chi connectivity index (χ0) is 36.2. The number of hydrogen-bond donors (Lipinski definition) is 2. The van der Waals surface area contributed by atoms with Gasteiger partial charge in [-0.1, -0.05) is 108 Å². The van der Waals surface area contributed by atoms with E-state index in [1.165, 1.54) is 123 Å². The average Bonchev–Trinajstić information content (AvgIpc) is 3.12. The van der Waals surface area contributed by atoms with E-state index in [4.69, 9.17) is 20.9 Å². The lowest BCUT2D eigenvalue weighted by Crippen LogP contribution is -2.33. The first-order valence-corrected chi connectivity index (χ1v) is 20.0. The number of rotatable bonds is 18. The van der Waals surface area contributed by atoms with E-state index in [1.54, 1.807) is 0 Å². The van der Waals surface area contributed by atoms with Crippen LogP contribution in [0.15, 0.2) is 72.8 Å². The van der Waals surface area contributed by atoms with E-state index in [0.29, 0.717) is 0 Å². The van der Waals surface area contributed by atoms with Crippen LogP contribution in [0.3, 0.4) is 0 Å². The lowest BCUT2D eigenvalue weighted by atomic mass is 9.62. The van der Waals surface area contributed by atoms with E-state index in [1.807, 2.05) is 48.5 Å². The smallest absolute Gasteiger partial charge is 0.133 e. The van der Waals surface area contributed by atoms with Crippen LogP contribution in [0, 0.1) is 33.6 Å². The van der Waals surface area contributed by atoms with E-state index in [0.717, 1.165) is 53.1 Å². The monoisotopic (exact) mass is 688 g/mol. The van der Waals surface area contributed by atoms with E-state index in [-0.39, 0.29) is 5.41 Å². The van der Waals surface area contributed by atoms with Gasteiger partial charge in [-0.3, -0.25) is 0 Å². The number of aryl methyl sites for hydroxylation is 4. The van der Waals surface area contributed by atoms with Crippen molar-refractivity contribution in [1.29, 1.82) is 0 Å². The fourth-order valence-corrected chi connectivity index (χ4v) is 8.38. The molecule has 0 bridgehead atoms. The number of nitrogen functional groups attached to an aromatic ring is 2. The summed E-state index contributed by atoms with van der Waals surface area (Å²) in [6.45, 7) is 11.1. The van der Waals surface area contributed by atoms with Gasteiger partial charge in [-0.05, 0) is 141 Å². The first kappa shape index (κ1) is 38.3. The number of hydrogen-bond acceptors (Lipinski definition) is 4. The topological polar surface area (TPSA) is 70.5 Å². The van der Waals surface area contributed by atoms with E-state index < -0.39 is 0 Å². The summed E-state index contributed by atoms with van der Waals surface area (Å²) in [6.07, 6.45) is 21.7. The Kier molecular flexibility index (Phi) is 13.9. The third kappa shape index (κ3) is 10.3. The van der Waals surface area contributed by atoms with Crippen LogP contribution in [-0.2, 0) is 5.41 Å². The van der Waals surface area contributed by atoms with Crippen molar-refractivity contribution in [3.8, 4) is 23.0 Å². The second-order valence-corrected chi connectivity index (χ2v) is 15.6. The molecule has 5 rings (SSSR count). The molecular formula is C47H64N2O2. The normalized spacial score (nSPS) is 14.5. The summed E-state index contributed by atoms with van der Waals surface area (Å²) in [5, 5.41) is 0. The maximum Gasteiger partial charge on any atom is 0.133 e. The molecule has 0 radical (unpaired) electrons. The SMILES string of the molecule is CCCCCCCCCCCCCC1CCC(c2cc(C)c(Oc3ccc(N)cc3)c(C)c2)(c2cc(C)c(Oc3ccc(N)cc3)c(C)c2)CC1. The second-order valence-electron chi connectivity index (χ2n) is 15.6. The largest absolute Gasteiger partial charge is 0.457 e. The van der Waals surface area contributed by atoms with Gasteiger partial charge in [-0.15, -0.1) is 0 Å². The van der Waals surface area contributed by atoms with Crippen LogP contribution in [0.2, 0.25) is 0 Å². The highest BCUT2D eigenvalue weighted by Gasteiger charge is 2.39. The second kappa shape index (κ2) is 18.5. The Balaban J connectivity index is 1.31. The quantitative estimate of drug-likeness (QED) is 0.0806. The molecule has 0 saturated heterocycles. The lowest BCUT2D eigenvalue weighted by Gasteiger charge is -2.42. The third-order valence-corrected chi connectivity index (χ3v) is 11.4. The molecule has 1 aliphatic rings. The lowest BCUT2D eigenvalue weighted by molar-refractivity contribution is 0.249. The first-order valence-electron chi connectivity index (χ1n) is 20.0. The molecule has 4 aromatic rings. The highest BCUT2D eigenvalue weighted by molar-refractivity contribution is 5.55. The van der Waals surface area contributed by atoms with Gasteiger partial charge < -0.3 is 20.9 Å². The van der Waals surface area contributed by atoms with Crippen LogP contribution >= 0.6 is 0 Å². The molecule has 0 heterocycles. The summed E-state index contributed by atoms with van der Waals surface area (Å²) in [7, 11) is 0. The Morgan fingerprint density at radius 2 is 0.882 bits per heavy atom. The van der Waals surface area contributed by atoms with Gasteiger partial charge in [0.2, 0.25) is 0 Å². The summed E-state index contributed by atoms with van der Waals surface area (Å²) in [5.74, 6) is 4.29. The van der Waals surface area contributed by atoms with Crippen LogP contribution in [0.4, 0.5) is 11.4 Å². The molecule has 0 aliphatic heterocycles. The van der Waals surface area contributed by atoms with E-state index >= 15 is 0 Å². The molecular weight excluding hydrogens is 625 g/mol. The Morgan fingerprint density at radius 1 is 0.529 bits per heavy atom. The van der Waals surface area contributed by atoms with Gasteiger partial charge in [-0.2, -0.15) is 0 Å². The van der Waals surface area contributed by atoms with Crippen LogP contribution in [-0.4, -0.2) is 0 Å². The molecule has 0 unspecified atom stereocenters. The maximum atomic E-state index is 6.44. The number of unbranched alkanes of at least 4 members (excludes halogenated alkanes) is 10. The fraction of sp³-hybridized carbons (Fsp3) is 0.489. The van der Waals surface area contributed by atoms with Gasteiger partial charge in [0.1, 0.15) is 23.0 Å². The first-order chi connectivity index (χ1) is 24.7. The summed E-state index contributed by atoms with van der Waals surface area (Å²) in [4.78, 5) is 0. The maximum absolute atomic E-state index is 6.44. The highest BCUT2D eigenvalue weighted by atomic mass is 16.5. The Hall–Kier alpha value is -3.92. The summed E-state index contributed by atoms with van der Waals surface area (Å²) in [5.41, 5.74) is 20.8. The predicted molar refractivity (Wildman–Crippen MR) is 218 cm³/mol. The van der Waals surface area contributed by atoms with Crippen molar-refractivity contribution in [3.05, 3.63) is 106 Å². The molecule has 51 heavy (non-hydrogen) atoms. The molecule has 1 fully saturated rings. The number of nitrogens with two attached hydrogens (primary N) is 2. The molecule has 0 aromatic heterocycles. The van der Waals surface area contributed by atoms with Crippen LogP contribution in [0.1, 0.15) is 143 Å². The Morgan fingerprint density at radius 3 is 1.25 bits per heavy atom. The van der Waals surface area contributed by atoms with Crippen molar-refractivity contribution in [2.75, 3.05) is 11.5 Å².